The molecule has 0 spiro atoms. The van der Waals surface area contributed by atoms with E-state index < -0.39 is 15.8 Å². The van der Waals surface area contributed by atoms with Gasteiger partial charge in [-0.25, -0.2) is 12.8 Å². The molecule has 21 heavy (non-hydrogen) atoms. The summed E-state index contributed by atoms with van der Waals surface area (Å²) in [6, 6.07) is 1.30. The summed E-state index contributed by atoms with van der Waals surface area (Å²) in [5, 5.41) is 0. The second-order valence-corrected chi connectivity index (χ2v) is 7.57. The summed E-state index contributed by atoms with van der Waals surface area (Å²) in [5.41, 5.74) is 6.34. The predicted molar refractivity (Wildman–Crippen MR) is 82.1 cm³/mol. The Kier molecular flexibility index (Phi) is 4.58. The van der Waals surface area contributed by atoms with E-state index in [2.05, 4.69) is 0 Å². The zero-order valence-electron chi connectivity index (χ0n) is 12.8. The lowest BCUT2D eigenvalue weighted by Crippen LogP contribution is -2.35. The molecule has 0 aromatic heterocycles. The van der Waals surface area contributed by atoms with Crippen molar-refractivity contribution in [1.29, 1.82) is 0 Å². The molecule has 0 heterocycles. The van der Waals surface area contributed by atoms with Gasteiger partial charge in [-0.2, -0.15) is 4.31 Å². The van der Waals surface area contributed by atoms with Crippen molar-refractivity contribution in [3.05, 3.63) is 23.0 Å². The monoisotopic (exact) mass is 314 g/mol. The molecule has 1 aliphatic rings. The Bertz CT molecular complexity index is 640. The number of hydrogen-bond acceptors (Lipinski definition) is 3. The first-order valence-corrected chi connectivity index (χ1v) is 8.81. The number of anilines is 1. The first-order valence-electron chi connectivity index (χ1n) is 7.37. The quantitative estimate of drug-likeness (QED) is 0.821. The molecule has 6 heteroatoms. The fourth-order valence-corrected chi connectivity index (χ4v) is 4.79. The molecule has 118 valence electrons. The largest absolute Gasteiger partial charge is 0.396 e. The van der Waals surface area contributed by atoms with Gasteiger partial charge in [0.05, 0.1) is 10.6 Å². The van der Waals surface area contributed by atoms with Crippen LogP contribution < -0.4 is 5.73 Å². The topological polar surface area (TPSA) is 63.4 Å². The molecule has 1 aliphatic carbocycles. The van der Waals surface area contributed by atoms with Crippen LogP contribution in [0.3, 0.4) is 0 Å². The lowest BCUT2D eigenvalue weighted by atomic mass is 10.1. The average Bonchev–Trinajstić information content (AvgIpc) is 3.20. The third-order valence-electron chi connectivity index (χ3n) is 3.96. The molecule has 2 N–H and O–H groups in total. The minimum absolute atomic E-state index is 0.0783. The van der Waals surface area contributed by atoms with Gasteiger partial charge in [-0.15, -0.1) is 0 Å². The molecule has 1 saturated carbocycles. The van der Waals surface area contributed by atoms with Crippen LogP contribution in [0.1, 0.15) is 43.7 Å². The summed E-state index contributed by atoms with van der Waals surface area (Å²) in [4.78, 5) is 0.171. The highest BCUT2D eigenvalue weighted by molar-refractivity contribution is 7.89. The summed E-state index contributed by atoms with van der Waals surface area (Å²) in [6.45, 7) is 5.74. The maximum absolute atomic E-state index is 13.6. The van der Waals surface area contributed by atoms with Gasteiger partial charge in [-0.1, -0.05) is 13.3 Å². The van der Waals surface area contributed by atoms with Gasteiger partial charge in [-0.05, 0) is 50.3 Å². The molecule has 0 radical (unpaired) electrons. The lowest BCUT2D eigenvalue weighted by molar-refractivity contribution is 0.395. The van der Waals surface area contributed by atoms with Crippen LogP contribution in [0.15, 0.2) is 11.0 Å². The number of sulfonamides is 1. The third kappa shape index (κ3) is 3.06. The zero-order valence-corrected chi connectivity index (χ0v) is 13.6. The predicted octanol–water partition coefficient (Wildman–Crippen LogP) is 2.98. The Balaban J connectivity index is 2.50. The summed E-state index contributed by atoms with van der Waals surface area (Å²) in [7, 11) is -3.62. The number of benzene rings is 1. The molecule has 1 aromatic rings. The molecular formula is C15H23FN2O2S. The minimum Gasteiger partial charge on any atom is -0.396 e. The van der Waals surface area contributed by atoms with Crippen LogP contribution in [0.2, 0.25) is 0 Å². The van der Waals surface area contributed by atoms with E-state index in [0.717, 1.165) is 25.7 Å². The number of aryl methyl sites for hydroxylation is 1. The molecule has 2 rings (SSSR count). The highest BCUT2D eigenvalue weighted by atomic mass is 32.2. The smallest absolute Gasteiger partial charge is 0.243 e. The van der Waals surface area contributed by atoms with E-state index in [1.807, 2.05) is 6.92 Å². The Morgan fingerprint density at radius 1 is 1.38 bits per heavy atom. The normalized spacial score (nSPS) is 15.7. The second-order valence-electron chi connectivity index (χ2n) is 5.74. The van der Waals surface area contributed by atoms with Crippen LogP contribution in [0, 0.1) is 19.7 Å². The van der Waals surface area contributed by atoms with Crippen molar-refractivity contribution in [3.8, 4) is 0 Å². The number of nitrogens with two attached hydrogens (primary N) is 1. The summed E-state index contributed by atoms with van der Waals surface area (Å²) in [5.74, 6) is -0.560. The number of hydrogen-bond donors (Lipinski definition) is 1. The first kappa shape index (κ1) is 16.2. The van der Waals surface area contributed by atoms with Gasteiger partial charge in [0.25, 0.3) is 0 Å². The van der Waals surface area contributed by atoms with Gasteiger partial charge in [0, 0.05) is 12.6 Å². The standard InChI is InChI=1S/C15H23FN2O2S/c1-4-5-8-18(12-6-7-12)21(19,20)15-10(2)9-13(16)14(17)11(15)3/h9,12H,4-8,17H2,1-3H3. The van der Waals surface area contributed by atoms with Crippen LogP contribution in [0.25, 0.3) is 0 Å². The van der Waals surface area contributed by atoms with E-state index in [9.17, 15) is 12.8 Å². The number of halogens is 1. The van der Waals surface area contributed by atoms with Crippen LogP contribution in [0.4, 0.5) is 10.1 Å². The summed E-state index contributed by atoms with van der Waals surface area (Å²) >= 11 is 0. The van der Waals surface area contributed by atoms with E-state index in [0.29, 0.717) is 17.7 Å². The van der Waals surface area contributed by atoms with Gasteiger partial charge in [0.1, 0.15) is 5.82 Å². The van der Waals surface area contributed by atoms with Crippen molar-refractivity contribution >= 4 is 15.7 Å². The Hall–Kier alpha value is -1.14. The van der Waals surface area contributed by atoms with Gasteiger partial charge < -0.3 is 5.73 Å². The maximum Gasteiger partial charge on any atom is 0.243 e. The van der Waals surface area contributed by atoms with Gasteiger partial charge in [-0.3, -0.25) is 0 Å². The highest BCUT2D eigenvalue weighted by Gasteiger charge is 2.39. The Labute approximate surface area is 126 Å². The highest BCUT2D eigenvalue weighted by Crippen LogP contribution is 2.36. The number of nitrogens with zero attached hydrogens (tertiary/aromatic N) is 1. The molecule has 0 aliphatic heterocycles. The fourth-order valence-electron chi connectivity index (χ4n) is 2.62. The summed E-state index contributed by atoms with van der Waals surface area (Å²) < 4.78 is 41.2. The van der Waals surface area contributed by atoms with E-state index in [4.69, 9.17) is 5.73 Å². The Morgan fingerprint density at radius 3 is 2.52 bits per heavy atom. The van der Waals surface area contributed by atoms with Crippen LogP contribution >= 0.6 is 0 Å². The molecule has 1 fully saturated rings. The van der Waals surface area contributed by atoms with E-state index >= 15 is 0 Å². The van der Waals surface area contributed by atoms with Crippen LogP contribution in [-0.2, 0) is 10.0 Å². The van der Waals surface area contributed by atoms with Crippen molar-refractivity contribution in [1.82, 2.24) is 4.31 Å². The number of unbranched alkanes of at least 4 members (excludes halogenated alkanes) is 1. The van der Waals surface area contributed by atoms with Crippen molar-refractivity contribution < 1.29 is 12.8 Å². The SMILES string of the molecule is CCCCN(C1CC1)S(=O)(=O)c1c(C)cc(F)c(N)c1C. The fraction of sp³-hybridized carbons (Fsp3) is 0.600. The van der Waals surface area contributed by atoms with Crippen molar-refractivity contribution in [3.63, 3.8) is 0 Å². The average molecular weight is 314 g/mol. The molecule has 0 amide bonds. The third-order valence-corrected chi connectivity index (χ3v) is 6.20. The molecule has 0 unspecified atom stereocenters. The van der Waals surface area contributed by atoms with Gasteiger partial charge >= 0.3 is 0 Å². The number of nitrogen functional groups attached to an aromatic ring is 1. The molecular weight excluding hydrogens is 291 g/mol. The van der Waals surface area contributed by atoms with Gasteiger partial charge in [0.2, 0.25) is 10.0 Å². The van der Waals surface area contributed by atoms with E-state index in [1.165, 1.54) is 6.07 Å². The van der Waals surface area contributed by atoms with Crippen molar-refractivity contribution in [2.45, 2.75) is 57.4 Å². The lowest BCUT2D eigenvalue weighted by Gasteiger charge is -2.24. The molecule has 0 atom stereocenters. The molecule has 1 aromatic carbocycles. The van der Waals surface area contributed by atoms with E-state index in [-0.39, 0.29) is 16.6 Å². The molecule has 0 saturated heterocycles. The zero-order chi connectivity index (χ0) is 15.8. The minimum atomic E-state index is -3.62. The van der Waals surface area contributed by atoms with Crippen molar-refractivity contribution in [2.24, 2.45) is 0 Å². The van der Waals surface area contributed by atoms with E-state index in [1.54, 1.807) is 18.2 Å². The Morgan fingerprint density at radius 2 is 2.00 bits per heavy atom. The van der Waals surface area contributed by atoms with Crippen molar-refractivity contribution in [2.75, 3.05) is 12.3 Å². The summed E-state index contributed by atoms with van der Waals surface area (Å²) in [6.07, 6.45) is 3.56. The second kappa shape index (κ2) is 5.93. The first-order chi connectivity index (χ1) is 9.80. The molecule has 4 nitrogen and oxygen atoms in total. The van der Waals surface area contributed by atoms with Gasteiger partial charge in [0.15, 0.2) is 0 Å². The number of rotatable bonds is 6. The molecule has 0 bridgehead atoms. The van der Waals surface area contributed by atoms with Crippen LogP contribution in [0.5, 0.6) is 0 Å². The van der Waals surface area contributed by atoms with Crippen LogP contribution in [-0.4, -0.2) is 25.3 Å². The maximum atomic E-state index is 13.6.